The second kappa shape index (κ2) is 9.64. The number of sulfonamides is 1. The van der Waals surface area contributed by atoms with Gasteiger partial charge in [-0.25, -0.2) is 8.42 Å². The summed E-state index contributed by atoms with van der Waals surface area (Å²) in [6.07, 6.45) is 0.218. The smallest absolute Gasteiger partial charge is 0.265 e. The summed E-state index contributed by atoms with van der Waals surface area (Å²) >= 11 is 1.48. The maximum Gasteiger partial charge on any atom is 0.265 e. The first-order chi connectivity index (χ1) is 14.4. The predicted octanol–water partition coefficient (Wildman–Crippen LogP) is 4.14. The molecule has 30 heavy (non-hydrogen) atoms. The summed E-state index contributed by atoms with van der Waals surface area (Å²) < 4.78 is 39.0. The number of carbonyl (C=O) groups is 1. The number of methoxy groups -OCH3 is 1. The maximum absolute atomic E-state index is 13.0. The van der Waals surface area contributed by atoms with Gasteiger partial charge in [-0.1, -0.05) is 6.07 Å². The van der Waals surface area contributed by atoms with Gasteiger partial charge in [0.05, 0.1) is 20.1 Å². The van der Waals surface area contributed by atoms with Gasteiger partial charge in [0, 0.05) is 16.3 Å². The van der Waals surface area contributed by atoms with E-state index < -0.39 is 10.0 Å². The topological polar surface area (TPSA) is 93.7 Å². The molecule has 0 saturated heterocycles. The van der Waals surface area contributed by atoms with Crippen LogP contribution in [0.2, 0.25) is 0 Å². The molecule has 1 amide bonds. The average molecular weight is 447 g/mol. The third kappa shape index (κ3) is 5.52. The number of carbonyl (C=O) groups excluding carboxylic acids is 1. The van der Waals surface area contributed by atoms with Crippen LogP contribution < -0.4 is 19.5 Å². The molecular formula is C21H22N2O5S2. The molecule has 2 aromatic carbocycles. The van der Waals surface area contributed by atoms with Crippen molar-refractivity contribution in [3.8, 4) is 11.5 Å². The van der Waals surface area contributed by atoms with E-state index in [-0.39, 0.29) is 23.0 Å². The number of ether oxygens (including phenoxy) is 2. The summed E-state index contributed by atoms with van der Waals surface area (Å²) in [4.78, 5) is 13.1. The fraction of sp³-hybridized carbons (Fsp3) is 0.190. The minimum Gasteiger partial charge on any atom is -0.495 e. The van der Waals surface area contributed by atoms with Gasteiger partial charge >= 0.3 is 0 Å². The molecular weight excluding hydrogens is 424 g/mol. The van der Waals surface area contributed by atoms with Crippen LogP contribution in [0.25, 0.3) is 0 Å². The fourth-order valence-corrected chi connectivity index (χ4v) is 4.70. The molecule has 0 aliphatic rings. The molecule has 0 radical (unpaired) electrons. The molecule has 1 heterocycles. The van der Waals surface area contributed by atoms with Gasteiger partial charge in [0.2, 0.25) is 5.91 Å². The normalized spacial score (nSPS) is 11.0. The highest BCUT2D eigenvalue weighted by Crippen LogP contribution is 2.29. The Bertz CT molecular complexity index is 1090. The quantitative estimate of drug-likeness (QED) is 0.515. The van der Waals surface area contributed by atoms with Crippen LogP contribution in [-0.4, -0.2) is 28.0 Å². The third-order valence-corrected chi connectivity index (χ3v) is 6.35. The Morgan fingerprint density at radius 1 is 1.07 bits per heavy atom. The summed E-state index contributed by atoms with van der Waals surface area (Å²) in [5.41, 5.74) is 0.747. The standard InChI is InChI=1S/C21H22N2O5S2/c1-3-28-17-9-6-15(7-10-17)23-30(25,26)20-13-16(8-11-19(20)27-2)22-21(24)14-18-5-4-12-29-18/h4-13,23H,3,14H2,1-2H3,(H,22,24). The van der Waals surface area contributed by atoms with E-state index in [9.17, 15) is 13.2 Å². The number of nitrogens with one attached hydrogen (secondary N) is 2. The molecule has 0 bridgehead atoms. The van der Waals surface area contributed by atoms with E-state index in [0.717, 1.165) is 4.88 Å². The second-order valence-electron chi connectivity index (χ2n) is 6.23. The first-order valence-electron chi connectivity index (χ1n) is 9.17. The van der Waals surface area contributed by atoms with E-state index in [1.54, 1.807) is 30.3 Å². The van der Waals surface area contributed by atoms with E-state index in [0.29, 0.717) is 23.7 Å². The van der Waals surface area contributed by atoms with Gasteiger partial charge in [-0.2, -0.15) is 0 Å². The molecule has 0 atom stereocenters. The van der Waals surface area contributed by atoms with Crippen LogP contribution in [0.3, 0.4) is 0 Å². The zero-order valence-electron chi connectivity index (χ0n) is 16.5. The van der Waals surface area contributed by atoms with Crippen molar-refractivity contribution >= 4 is 38.6 Å². The number of anilines is 2. The summed E-state index contributed by atoms with van der Waals surface area (Å²) in [7, 11) is -2.57. The van der Waals surface area contributed by atoms with Crippen LogP contribution in [0, 0.1) is 0 Å². The lowest BCUT2D eigenvalue weighted by molar-refractivity contribution is -0.115. The van der Waals surface area contributed by atoms with Gasteiger partial charge in [-0.15, -0.1) is 11.3 Å². The third-order valence-electron chi connectivity index (χ3n) is 4.07. The molecule has 0 aliphatic heterocycles. The zero-order chi connectivity index (χ0) is 21.6. The number of benzene rings is 2. The highest BCUT2D eigenvalue weighted by Gasteiger charge is 2.21. The number of rotatable bonds is 9. The Labute approximate surface area is 179 Å². The Kier molecular flexibility index (Phi) is 6.96. The molecule has 1 aromatic heterocycles. The van der Waals surface area contributed by atoms with E-state index in [4.69, 9.17) is 9.47 Å². The van der Waals surface area contributed by atoms with Gasteiger partial charge in [0.25, 0.3) is 10.0 Å². The van der Waals surface area contributed by atoms with Crippen molar-refractivity contribution in [2.45, 2.75) is 18.2 Å². The fourth-order valence-electron chi connectivity index (χ4n) is 2.74. The van der Waals surface area contributed by atoms with Gasteiger partial charge in [-0.05, 0) is 60.8 Å². The number of amides is 1. The molecule has 3 aromatic rings. The molecule has 0 spiro atoms. The zero-order valence-corrected chi connectivity index (χ0v) is 18.2. The lowest BCUT2D eigenvalue weighted by atomic mass is 10.2. The highest BCUT2D eigenvalue weighted by molar-refractivity contribution is 7.92. The van der Waals surface area contributed by atoms with Gasteiger partial charge in [-0.3, -0.25) is 9.52 Å². The van der Waals surface area contributed by atoms with E-state index in [1.807, 2.05) is 24.4 Å². The first-order valence-corrected chi connectivity index (χ1v) is 11.5. The average Bonchev–Trinajstić information content (AvgIpc) is 3.22. The number of hydrogen-bond donors (Lipinski definition) is 2. The lowest BCUT2D eigenvalue weighted by Gasteiger charge is -2.14. The Hall–Kier alpha value is -3.04. The largest absolute Gasteiger partial charge is 0.495 e. The van der Waals surface area contributed by atoms with E-state index in [2.05, 4.69) is 10.0 Å². The number of hydrogen-bond acceptors (Lipinski definition) is 6. The Morgan fingerprint density at radius 2 is 1.80 bits per heavy atom. The molecule has 9 heteroatoms. The van der Waals surface area contributed by atoms with E-state index >= 15 is 0 Å². The molecule has 3 rings (SSSR count). The van der Waals surface area contributed by atoms with Gasteiger partial charge in [0.1, 0.15) is 16.4 Å². The predicted molar refractivity (Wildman–Crippen MR) is 118 cm³/mol. The van der Waals surface area contributed by atoms with Crippen LogP contribution >= 0.6 is 11.3 Å². The molecule has 158 valence electrons. The lowest BCUT2D eigenvalue weighted by Crippen LogP contribution is -2.16. The minimum absolute atomic E-state index is 0.0761. The van der Waals surface area contributed by atoms with Gasteiger partial charge in [0.15, 0.2) is 0 Å². The summed E-state index contributed by atoms with van der Waals surface area (Å²) in [5.74, 6) is 0.587. The van der Waals surface area contributed by atoms with Crippen LogP contribution in [0.4, 0.5) is 11.4 Å². The summed E-state index contributed by atoms with van der Waals surface area (Å²) in [6, 6.07) is 14.8. The first kappa shape index (κ1) is 21.7. The van der Waals surface area contributed by atoms with Crippen molar-refractivity contribution in [1.29, 1.82) is 0 Å². The molecule has 0 aliphatic carbocycles. The number of thiophene rings is 1. The maximum atomic E-state index is 13.0. The van der Waals surface area contributed by atoms with Crippen molar-refractivity contribution in [3.63, 3.8) is 0 Å². The van der Waals surface area contributed by atoms with Crippen LogP contribution in [-0.2, 0) is 21.2 Å². The molecule has 0 fully saturated rings. The van der Waals surface area contributed by atoms with Crippen LogP contribution in [0.1, 0.15) is 11.8 Å². The molecule has 7 nitrogen and oxygen atoms in total. The van der Waals surface area contributed by atoms with Crippen molar-refractivity contribution in [3.05, 3.63) is 64.9 Å². The molecule has 2 N–H and O–H groups in total. The Balaban J connectivity index is 1.80. The van der Waals surface area contributed by atoms with Crippen molar-refractivity contribution in [1.82, 2.24) is 0 Å². The summed E-state index contributed by atoms with van der Waals surface area (Å²) in [6.45, 7) is 2.39. The minimum atomic E-state index is -3.95. The van der Waals surface area contributed by atoms with E-state index in [1.165, 1.54) is 30.6 Å². The molecule has 0 saturated carbocycles. The van der Waals surface area contributed by atoms with Crippen molar-refractivity contribution in [2.75, 3.05) is 23.8 Å². The Morgan fingerprint density at radius 3 is 2.43 bits per heavy atom. The van der Waals surface area contributed by atoms with Crippen LogP contribution in [0.5, 0.6) is 11.5 Å². The second-order valence-corrected chi connectivity index (χ2v) is 8.92. The van der Waals surface area contributed by atoms with Gasteiger partial charge < -0.3 is 14.8 Å². The monoisotopic (exact) mass is 446 g/mol. The van der Waals surface area contributed by atoms with Crippen molar-refractivity contribution < 1.29 is 22.7 Å². The molecule has 0 unspecified atom stereocenters. The van der Waals surface area contributed by atoms with Crippen molar-refractivity contribution in [2.24, 2.45) is 0 Å². The van der Waals surface area contributed by atoms with Crippen LogP contribution in [0.15, 0.2) is 64.9 Å². The SMILES string of the molecule is CCOc1ccc(NS(=O)(=O)c2cc(NC(=O)Cc3cccs3)ccc2OC)cc1. The summed E-state index contributed by atoms with van der Waals surface area (Å²) in [5, 5.41) is 4.63. The highest BCUT2D eigenvalue weighted by atomic mass is 32.2.